The number of fused-ring (bicyclic) bond motifs is 2. The number of rotatable bonds is 21. The van der Waals surface area contributed by atoms with E-state index in [2.05, 4.69) is 62.1 Å². The monoisotopic (exact) mass is 692 g/mol. The zero-order chi connectivity index (χ0) is 34.1. The van der Waals surface area contributed by atoms with Crippen molar-refractivity contribution < 1.29 is 24.2 Å². The third-order valence-corrected chi connectivity index (χ3v) is 9.86. The molecule has 0 saturated carbocycles. The number of benzene rings is 3. The van der Waals surface area contributed by atoms with E-state index in [9.17, 15) is 4.79 Å². The van der Waals surface area contributed by atoms with Crippen LogP contribution in [0.3, 0.4) is 0 Å². The molecule has 0 saturated heterocycles. The van der Waals surface area contributed by atoms with Gasteiger partial charge in [-0.3, -0.25) is 0 Å². The Balaban J connectivity index is 1.34. The van der Waals surface area contributed by atoms with Gasteiger partial charge in [0.05, 0.1) is 0 Å². The third kappa shape index (κ3) is 10.7. The molecule has 1 aliphatic heterocycles. The molecule has 0 aromatic heterocycles. The molecule has 2 aromatic carbocycles. The molecule has 0 atom stereocenters. The Morgan fingerprint density at radius 2 is 1.38 bits per heavy atom. The van der Waals surface area contributed by atoms with Gasteiger partial charge in [-0.1, -0.05) is 70.4 Å². The van der Waals surface area contributed by atoms with Crippen LogP contribution in [0.4, 0.5) is 5.69 Å². The molecule has 4 rings (SSSR count). The van der Waals surface area contributed by atoms with E-state index in [1.807, 2.05) is 48.3 Å². The fraction of sp³-hybridized carbons (Fsp3) is 0.488. The Kier molecular flexibility index (Phi) is 16.0. The summed E-state index contributed by atoms with van der Waals surface area (Å²) in [5.41, 5.74) is 5.56. The van der Waals surface area contributed by atoms with Crippen molar-refractivity contribution in [2.24, 2.45) is 0 Å². The zero-order valence-electron chi connectivity index (χ0n) is 30.0. The van der Waals surface area contributed by atoms with E-state index in [0.717, 1.165) is 81.3 Å². The molecule has 0 radical (unpaired) electrons. The first kappa shape index (κ1) is 37.6. The van der Waals surface area contributed by atoms with E-state index in [1.165, 1.54) is 77.0 Å². The number of nitrogens with zero attached hydrogens (tertiary/aromatic N) is 2. The number of unbranched alkanes of at least 4 members (excludes halogenated alkanes) is 12. The third-order valence-electron chi connectivity index (χ3n) is 9.56. The maximum atomic E-state index is 14.0. The van der Waals surface area contributed by atoms with E-state index in [0.29, 0.717) is 0 Å². The number of amides is 1. The molecule has 2 aromatic rings. The van der Waals surface area contributed by atoms with Gasteiger partial charge in [-0.25, -0.2) is 0 Å². The minimum absolute atomic E-state index is 0.0577. The number of allylic oxidation sites excluding steroid dienone is 2. The molecule has 1 heterocycles. The molecule has 0 fully saturated rings. The first-order valence-electron chi connectivity index (χ1n) is 18.7. The summed E-state index contributed by atoms with van der Waals surface area (Å²) in [6.45, 7) is 9.20. The summed E-state index contributed by atoms with van der Waals surface area (Å²) in [7, 11) is 1.94. The SMILES string of the molecule is CCCCCCCC/C=C/CCCCCCCCN(C)C(=O)c1ccccc1-c1c2cc[c](=[Ni])cc-2oc2cc(N(CC)CC)ccc12. The fourth-order valence-electron chi connectivity index (χ4n) is 6.71. The molecule has 1 amide bonds. The molecule has 1 aliphatic carbocycles. The van der Waals surface area contributed by atoms with Crippen molar-refractivity contribution in [2.75, 3.05) is 31.6 Å². The molecule has 262 valence electrons. The summed E-state index contributed by atoms with van der Waals surface area (Å²) in [6.07, 6.45) is 22.7. The first-order valence-corrected chi connectivity index (χ1v) is 19.2. The summed E-state index contributed by atoms with van der Waals surface area (Å²) in [5, 5.41) is 0.996. The topological polar surface area (TPSA) is 36.7 Å². The van der Waals surface area contributed by atoms with Crippen molar-refractivity contribution in [1.29, 1.82) is 0 Å². The summed E-state index contributed by atoms with van der Waals surface area (Å²) in [4.78, 5) is 18.2. The van der Waals surface area contributed by atoms with Crippen LogP contribution in [-0.4, -0.2) is 37.5 Å². The van der Waals surface area contributed by atoms with Gasteiger partial charge in [0.2, 0.25) is 0 Å². The van der Waals surface area contributed by atoms with Gasteiger partial charge in [0.15, 0.2) is 0 Å². The Morgan fingerprint density at radius 3 is 2.06 bits per heavy atom. The minimum atomic E-state index is 0.0577. The van der Waals surface area contributed by atoms with Crippen molar-refractivity contribution in [3.8, 4) is 22.5 Å². The average Bonchev–Trinajstić information content (AvgIpc) is 3.10. The Labute approximate surface area is 297 Å². The summed E-state index contributed by atoms with van der Waals surface area (Å²) in [6, 6.07) is 20.4. The predicted molar refractivity (Wildman–Crippen MR) is 201 cm³/mol. The van der Waals surface area contributed by atoms with Gasteiger partial charge in [0.1, 0.15) is 0 Å². The van der Waals surface area contributed by atoms with Gasteiger partial charge in [-0.2, -0.15) is 0 Å². The van der Waals surface area contributed by atoms with Gasteiger partial charge in [0, 0.05) is 0 Å². The quantitative estimate of drug-likeness (QED) is 0.0377. The summed E-state index contributed by atoms with van der Waals surface area (Å²) >= 11 is 5.17. The number of hydrogen-bond donors (Lipinski definition) is 0. The van der Waals surface area contributed by atoms with Gasteiger partial charge in [-0.05, 0) is 25.7 Å². The standard InChI is InChI=1S/C43H58N2O2.Ni/c1-5-8-9-10-11-12-13-14-15-16-17-18-19-20-21-26-33-44(4)43(46)37-28-23-22-27-36(37)42-38-29-24-25-30-40(38)47-41-34-35(31-32-39(41)42)45(6-2)7-3;/h14-15,22-24,27-32,34H,5-13,16-21,26,33H2,1-4H3;/b15-14+;. The van der Waals surface area contributed by atoms with Gasteiger partial charge in [-0.15, -0.1) is 0 Å². The maximum absolute atomic E-state index is 14.0. The molecule has 4 nitrogen and oxygen atoms in total. The van der Waals surface area contributed by atoms with Gasteiger partial charge >= 0.3 is 203 Å². The Morgan fingerprint density at radius 1 is 0.729 bits per heavy atom. The van der Waals surface area contributed by atoms with Crippen molar-refractivity contribution in [3.05, 3.63) is 82.5 Å². The predicted octanol–water partition coefficient (Wildman–Crippen LogP) is 12.2. The number of carbonyl (C=O) groups is 1. The van der Waals surface area contributed by atoms with Crippen LogP contribution in [0, 0.1) is 4.14 Å². The molecular weight excluding hydrogens is 635 g/mol. The Hall–Kier alpha value is -3.17. The van der Waals surface area contributed by atoms with Crippen LogP contribution in [0.15, 0.2) is 77.2 Å². The van der Waals surface area contributed by atoms with Crippen molar-refractivity contribution >= 4 is 22.6 Å². The number of hydrogen-bond acceptors (Lipinski definition) is 3. The second-order valence-corrected chi connectivity index (χ2v) is 13.7. The van der Waals surface area contributed by atoms with Crippen molar-refractivity contribution in [2.45, 2.75) is 111 Å². The Bertz CT molecular complexity index is 1620. The number of carbonyl (C=O) groups excluding carboxylic acids is 1. The van der Waals surface area contributed by atoms with Crippen molar-refractivity contribution in [1.82, 2.24) is 4.90 Å². The van der Waals surface area contributed by atoms with E-state index >= 15 is 0 Å². The second-order valence-electron chi connectivity index (χ2n) is 13.1. The van der Waals surface area contributed by atoms with Crippen LogP contribution in [0.25, 0.3) is 33.4 Å². The number of anilines is 1. The molecule has 48 heavy (non-hydrogen) atoms. The van der Waals surface area contributed by atoms with Crippen LogP contribution in [-0.2, 0) is 15.0 Å². The van der Waals surface area contributed by atoms with Crippen LogP contribution >= 0.6 is 0 Å². The van der Waals surface area contributed by atoms with Crippen LogP contribution in [0.1, 0.15) is 121 Å². The summed E-state index contributed by atoms with van der Waals surface area (Å²) in [5.74, 6) is 0.806. The van der Waals surface area contributed by atoms with Crippen LogP contribution in [0.5, 0.6) is 0 Å². The van der Waals surface area contributed by atoms with Crippen LogP contribution < -0.4 is 4.90 Å². The van der Waals surface area contributed by atoms with Gasteiger partial charge < -0.3 is 0 Å². The molecule has 2 aliphatic rings. The van der Waals surface area contributed by atoms with E-state index in [1.54, 1.807) is 0 Å². The van der Waals surface area contributed by atoms with Crippen LogP contribution in [0.2, 0.25) is 0 Å². The second kappa shape index (κ2) is 20.4. The summed E-state index contributed by atoms with van der Waals surface area (Å²) < 4.78 is 7.25. The van der Waals surface area contributed by atoms with Gasteiger partial charge in [0.25, 0.3) is 0 Å². The molecule has 0 spiro atoms. The van der Waals surface area contributed by atoms with E-state index < -0.39 is 0 Å². The fourth-order valence-corrected chi connectivity index (χ4v) is 6.92. The average molecular weight is 694 g/mol. The molecule has 0 bridgehead atoms. The first-order chi connectivity index (χ1) is 23.5. The molecule has 5 heteroatoms. The molecule has 0 N–H and O–H groups in total. The normalized spacial score (nSPS) is 11.6. The van der Waals surface area contributed by atoms with E-state index in [4.69, 9.17) is 19.4 Å². The van der Waals surface area contributed by atoms with E-state index in [-0.39, 0.29) is 5.91 Å². The molecule has 0 unspecified atom stereocenters. The van der Waals surface area contributed by atoms with Crippen molar-refractivity contribution in [3.63, 3.8) is 0 Å². The zero-order valence-corrected chi connectivity index (χ0v) is 31.0. The molecular formula is C43H58N2NiO2.